The summed E-state index contributed by atoms with van der Waals surface area (Å²) >= 11 is 0. The molecule has 4 aliphatic rings. The van der Waals surface area contributed by atoms with Gasteiger partial charge >= 0.3 is 17.5 Å². The largest absolute Gasteiger partial charge is 0.507 e. The Bertz CT molecular complexity index is 1800. The number of nitrogens with one attached hydrogen (secondary N) is 1. The number of hydrogen-bond donors (Lipinski definition) is 4. The second-order valence-corrected chi connectivity index (χ2v) is 13.5. The third-order valence-electron chi connectivity index (χ3n) is 9.92. The van der Waals surface area contributed by atoms with Crippen LogP contribution in [0, 0.1) is 30.6 Å². The number of nitrogens with zero attached hydrogens (tertiary/aromatic N) is 2. The highest BCUT2D eigenvalue weighted by molar-refractivity contribution is 6.31. The summed E-state index contributed by atoms with van der Waals surface area (Å²) in [7, 11) is 1.42. The maximum Gasteiger partial charge on any atom is 0.326 e. The van der Waals surface area contributed by atoms with E-state index in [0.29, 0.717) is 0 Å². The van der Waals surface area contributed by atoms with Crippen molar-refractivity contribution < 1.29 is 58.2 Å². The third kappa shape index (κ3) is 7.31. The number of benzene rings is 1. The molecule has 0 saturated carbocycles. The molecule has 51 heavy (non-hydrogen) atoms. The standard InChI is InChI=1S/C37H45N3O11/c1-16-11-10-12-17(2)36(47)39-24-15-23(40-38)26-27(32(24)45)31(44)21(6)34-28(26)35(46)37(8,51-34)49-14-13-25(48-9)18(3)33(50-22(7)41)20(5)30(43)19(4)29(16)42/h10-16,18-20,25,29-30,33,42-44H,1-9H3,(H,39,47)/b11-10+,14-13+,17-12-/t16-,18+,19+,20+,25-,29-,30+,33+,37-/m0/s1. The molecule has 0 spiro atoms. The Labute approximate surface area is 296 Å². The van der Waals surface area contributed by atoms with Crippen molar-refractivity contribution in [2.75, 3.05) is 7.11 Å². The van der Waals surface area contributed by atoms with Gasteiger partial charge in [0.1, 0.15) is 17.6 Å². The number of ether oxygens (including phenoxy) is 4. The average molecular weight is 708 g/mol. The first-order chi connectivity index (χ1) is 23.9. The van der Waals surface area contributed by atoms with Gasteiger partial charge in [0, 0.05) is 55.8 Å². The molecule has 0 unspecified atom stereocenters. The van der Waals surface area contributed by atoms with E-state index >= 15 is 0 Å². The summed E-state index contributed by atoms with van der Waals surface area (Å²) in [6.07, 6.45) is 4.56. The van der Waals surface area contributed by atoms with Crippen LogP contribution in [-0.4, -0.2) is 86.6 Å². The highest BCUT2D eigenvalue weighted by Gasteiger charge is 2.52. The average Bonchev–Trinajstić information content (AvgIpc) is 3.36. The van der Waals surface area contributed by atoms with Crippen LogP contribution in [0.5, 0.6) is 11.5 Å². The Hall–Kier alpha value is -4.88. The number of aromatic hydroxyl groups is 1. The minimum absolute atomic E-state index is 0.0315. The number of aliphatic hydroxyl groups excluding tert-OH is 2. The monoisotopic (exact) mass is 707 g/mol. The molecule has 0 radical (unpaired) electrons. The maximum absolute atomic E-state index is 14.0. The summed E-state index contributed by atoms with van der Waals surface area (Å²) in [5.41, 5.74) is 8.84. The molecule has 9 atom stereocenters. The number of hydrogen-bond acceptors (Lipinski definition) is 11. The van der Waals surface area contributed by atoms with Crippen molar-refractivity contribution in [2.45, 2.75) is 85.6 Å². The van der Waals surface area contributed by atoms with Gasteiger partial charge in [-0.25, -0.2) is 0 Å². The number of fused-ring (bicyclic) bond motifs is 14. The van der Waals surface area contributed by atoms with E-state index in [1.807, 2.05) is 0 Å². The number of carbonyl (C=O) groups is 4. The number of amides is 1. The summed E-state index contributed by atoms with van der Waals surface area (Å²) < 4.78 is 23.2. The molecule has 14 heteroatoms. The summed E-state index contributed by atoms with van der Waals surface area (Å²) in [5, 5.41) is 36.3. The summed E-state index contributed by atoms with van der Waals surface area (Å²) in [6, 6.07) is 0. The van der Waals surface area contributed by atoms with Crippen molar-refractivity contribution >= 4 is 29.2 Å². The summed E-state index contributed by atoms with van der Waals surface area (Å²) in [4.78, 5) is 56.4. The van der Waals surface area contributed by atoms with E-state index in [1.54, 1.807) is 39.8 Å². The Balaban J connectivity index is 1.86. The molecule has 14 nitrogen and oxygen atoms in total. The van der Waals surface area contributed by atoms with Crippen LogP contribution in [0.2, 0.25) is 0 Å². The topological polar surface area (TPSA) is 214 Å². The number of esters is 1. The number of Topliss-reactive ketones (excluding diaryl/α,β-unsaturated/α-hetero) is 2. The van der Waals surface area contributed by atoms with E-state index < -0.39 is 83.1 Å². The first kappa shape index (κ1) is 38.9. The van der Waals surface area contributed by atoms with E-state index in [2.05, 4.69) is 10.1 Å². The first-order valence-corrected chi connectivity index (χ1v) is 16.6. The number of phenolic OH excluding ortho intramolecular Hbond substituents is 1. The number of allylic oxidation sites excluding steroid dienone is 4. The highest BCUT2D eigenvalue weighted by Crippen LogP contribution is 2.47. The first-order valence-electron chi connectivity index (χ1n) is 16.6. The van der Waals surface area contributed by atoms with Gasteiger partial charge in [-0.05, 0) is 19.9 Å². The fraction of sp³-hybridized carbons (Fsp3) is 0.486. The lowest BCUT2D eigenvalue weighted by molar-refractivity contribution is -0.160. The second-order valence-electron chi connectivity index (χ2n) is 13.5. The number of aliphatic hydroxyl groups is 2. The predicted octanol–water partition coefficient (Wildman–Crippen LogP) is 3.47. The van der Waals surface area contributed by atoms with Crippen LogP contribution >= 0.6 is 0 Å². The molecule has 1 aromatic carbocycles. The predicted molar refractivity (Wildman–Crippen MR) is 183 cm³/mol. The van der Waals surface area contributed by atoms with Crippen LogP contribution in [-0.2, 0) is 23.8 Å². The fourth-order valence-corrected chi connectivity index (χ4v) is 6.71. The van der Waals surface area contributed by atoms with Gasteiger partial charge in [-0.15, -0.1) is 0 Å². The maximum atomic E-state index is 14.0. The molecule has 4 N–H and O–H groups in total. The molecule has 1 aromatic rings. The second kappa shape index (κ2) is 15.2. The van der Waals surface area contributed by atoms with Crippen LogP contribution in [0.3, 0.4) is 0 Å². The van der Waals surface area contributed by atoms with Gasteiger partial charge in [-0.1, -0.05) is 45.9 Å². The zero-order valence-electron chi connectivity index (χ0n) is 30.1. The lowest BCUT2D eigenvalue weighted by Gasteiger charge is -2.38. The SMILES string of the molecule is CO[C@H]1/C=C/O[C@@]2(C)Oc3c(C)c(O)c4c(c3C2=O)C(=[N+]=[N-])C=C(NC(=O)/C(C)=C\C=C\[C@H](C)[C@H](O)[C@@H](C)[C@@H](O)[C@@H](C)[C@H](OC(C)=O)[C@@H]1C)C4=O. The number of methoxy groups -OCH3 is 1. The molecule has 3 aliphatic heterocycles. The van der Waals surface area contributed by atoms with Gasteiger partial charge in [-0.3, -0.25) is 19.2 Å². The van der Waals surface area contributed by atoms with Crippen molar-refractivity contribution in [1.82, 2.24) is 5.32 Å². The van der Waals surface area contributed by atoms with Crippen LogP contribution in [0.4, 0.5) is 0 Å². The van der Waals surface area contributed by atoms with Gasteiger partial charge in [0.05, 0.1) is 53.0 Å². The quantitative estimate of drug-likeness (QED) is 0.198. The normalized spacial score (nSPS) is 33.9. The highest BCUT2D eigenvalue weighted by atomic mass is 16.7. The molecule has 1 amide bonds. The van der Waals surface area contributed by atoms with Crippen molar-refractivity contribution in [3.05, 3.63) is 75.7 Å². The Kier molecular flexibility index (Phi) is 11.6. The van der Waals surface area contributed by atoms with E-state index in [1.165, 1.54) is 53.2 Å². The van der Waals surface area contributed by atoms with E-state index in [-0.39, 0.29) is 45.0 Å². The van der Waals surface area contributed by atoms with E-state index in [9.17, 15) is 40.0 Å². The third-order valence-corrected chi connectivity index (χ3v) is 9.92. The Morgan fingerprint density at radius 2 is 1.67 bits per heavy atom. The molecule has 1 aliphatic carbocycles. The number of carbonyl (C=O) groups excluding carboxylic acids is 4. The number of phenols is 1. The van der Waals surface area contributed by atoms with Gasteiger partial charge in [0.15, 0.2) is 0 Å². The molecule has 0 fully saturated rings. The molecule has 0 aromatic heterocycles. The molecule has 5 bridgehead atoms. The van der Waals surface area contributed by atoms with E-state index in [0.717, 1.165) is 6.08 Å². The summed E-state index contributed by atoms with van der Waals surface area (Å²) in [6.45, 7) is 12.4. The molecule has 0 saturated heterocycles. The Morgan fingerprint density at radius 3 is 2.27 bits per heavy atom. The van der Waals surface area contributed by atoms with Crippen LogP contribution in [0.15, 0.2) is 47.9 Å². The smallest absolute Gasteiger partial charge is 0.326 e. The molecular formula is C37H45N3O11. The molecular weight excluding hydrogens is 662 g/mol. The Morgan fingerprint density at radius 1 is 1.00 bits per heavy atom. The van der Waals surface area contributed by atoms with Gasteiger partial charge in [0.25, 0.3) is 11.7 Å². The number of ketones is 2. The van der Waals surface area contributed by atoms with Crippen molar-refractivity contribution in [2.24, 2.45) is 23.7 Å². The van der Waals surface area contributed by atoms with Gasteiger partial charge < -0.3 is 45.1 Å². The fourth-order valence-electron chi connectivity index (χ4n) is 6.71. The minimum atomic E-state index is -2.02. The molecule has 5 rings (SSSR count). The van der Waals surface area contributed by atoms with Crippen molar-refractivity contribution in [3.63, 3.8) is 0 Å². The van der Waals surface area contributed by atoms with Crippen molar-refractivity contribution in [1.29, 1.82) is 0 Å². The number of rotatable bonds is 2. The lowest BCUT2D eigenvalue weighted by atomic mass is 9.78. The van der Waals surface area contributed by atoms with Crippen LogP contribution in [0.25, 0.3) is 5.53 Å². The molecule has 274 valence electrons. The summed E-state index contributed by atoms with van der Waals surface area (Å²) in [5.74, 6) is -7.98. The van der Waals surface area contributed by atoms with E-state index in [4.69, 9.17) is 18.9 Å². The van der Waals surface area contributed by atoms with Crippen LogP contribution < -0.4 is 10.1 Å². The zero-order chi connectivity index (χ0) is 38.1. The van der Waals surface area contributed by atoms with Crippen molar-refractivity contribution in [3.8, 4) is 11.5 Å². The van der Waals surface area contributed by atoms with Gasteiger partial charge in [0.2, 0.25) is 5.78 Å². The lowest BCUT2D eigenvalue weighted by Crippen LogP contribution is -2.46. The molecule has 3 heterocycles. The van der Waals surface area contributed by atoms with Gasteiger partial charge in [-0.2, -0.15) is 4.79 Å². The minimum Gasteiger partial charge on any atom is -0.507 e. The van der Waals surface area contributed by atoms with Crippen LogP contribution in [0.1, 0.15) is 80.3 Å². The zero-order valence-corrected chi connectivity index (χ0v) is 30.1.